The van der Waals surface area contributed by atoms with Gasteiger partial charge in [-0.05, 0) is 18.1 Å². The number of aromatic nitrogens is 1. The minimum absolute atomic E-state index is 0.0373. The van der Waals surface area contributed by atoms with Crippen molar-refractivity contribution in [2.24, 2.45) is 0 Å². The van der Waals surface area contributed by atoms with Crippen molar-refractivity contribution < 1.29 is 9.59 Å². The molecule has 0 saturated carbocycles. The zero-order chi connectivity index (χ0) is 17.5. The lowest BCUT2D eigenvalue weighted by Gasteiger charge is -2.32. The van der Waals surface area contributed by atoms with Crippen molar-refractivity contribution in [2.45, 2.75) is 6.42 Å². The van der Waals surface area contributed by atoms with E-state index in [1.165, 1.54) is 5.56 Å². The Bertz CT molecular complexity index is 712. The van der Waals surface area contributed by atoms with Crippen molar-refractivity contribution in [1.82, 2.24) is 14.8 Å². The summed E-state index contributed by atoms with van der Waals surface area (Å²) in [4.78, 5) is 31.0. The SMILES string of the molecule is O=CN1CCN(C(=O)c2cncc(NCCc3ccccc3)c2)CC1. The van der Waals surface area contributed by atoms with Gasteiger partial charge in [0.15, 0.2) is 0 Å². The van der Waals surface area contributed by atoms with E-state index < -0.39 is 0 Å². The lowest BCUT2D eigenvalue weighted by atomic mass is 10.1. The Morgan fingerprint density at radius 3 is 2.60 bits per heavy atom. The van der Waals surface area contributed by atoms with E-state index >= 15 is 0 Å². The summed E-state index contributed by atoms with van der Waals surface area (Å²) in [5.74, 6) is -0.0373. The van der Waals surface area contributed by atoms with Crippen LogP contribution in [0.5, 0.6) is 0 Å². The van der Waals surface area contributed by atoms with Crippen LogP contribution in [0.4, 0.5) is 5.69 Å². The Labute approximate surface area is 147 Å². The van der Waals surface area contributed by atoms with E-state index in [2.05, 4.69) is 22.4 Å². The van der Waals surface area contributed by atoms with Crippen molar-refractivity contribution in [1.29, 1.82) is 0 Å². The maximum atomic E-state index is 12.6. The number of anilines is 1. The Balaban J connectivity index is 1.55. The molecule has 0 bridgehead atoms. The van der Waals surface area contributed by atoms with Crippen LogP contribution in [0.25, 0.3) is 0 Å². The first-order valence-electron chi connectivity index (χ1n) is 8.48. The number of amides is 2. The molecule has 1 aliphatic heterocycles. The molecule has 0 atom stereocenters. The third-order valence-corrected chi connectivity index (χ3v) is 4.32. The minimum atomic E-state index is -0.0373. The molecule has 1 aliphatic rings. The number of nitrogens with zero attached hydrogens (tertiary/aromatic N) is 3. The van der Waals surface area contributed by atoms with Crippen LogP contribution in [0.1, 0.15) is 15.9 Å². The van der Waals surface area contributed by atoms with Crippen molar-refractivity contribution >= 4 is 18.0 Å². The summed E-state index contributed by atoms with van der Waals surface area (Å²) < 4.78 is 0. The van der Waals surface area contributed by atoms with Crippen LogP contribution in [0, 0.1) is 0 Å². The largest absolute Gasteiger partial charge is 0.383 e. The topological polar surface area (TPSA) is 65.5 Å². The molecule has 0 spiro atoms. The molecule has 1 aromatic carbocycles. The Hall–Kier alpha value is -2.89. The van der Waals surface area contributed by atoms with Gasteiger partial charge >= 0.3 is 0 Å². The van der Waals surface area contributed by atoms with Gasteiger partial charge < -0.3 is 15.1 Å². The third-order valence-electron chi connectivity index (χ3n) is 4.32. The number of carbonyl (C=O) groups is 2. The maximum absolute atomic E-state index is 12.6. The van der Waals surface area contributed by atoms with E-state index in [-0.39, 0.29) is 5.91 Å². The lowest BCUT2D eigenvalue weighted by molar-refractivity contribution is -0.119. The van der Waals surface area contributed by atoms with E-state index in [0.717, 1.165) is 25.1 Å². The molecule has 25 heavy (non-hydrogen) atoms. The quantitative estimate of drug-likeness (QED) is 0.814. The molecule has 1 aromatic heterocycles. The summed E-state index contributed by atoms with van der Waals surface area (Å²) in [6.07, 6.45) is 5.07. The Morgan fingerprint density at radius 1 is 1.12 bits per heavy atom. The molecular formula is C19H22N4O2. The number of carbonyl (C=O) groups excluding carboxylic acids is 2. The van der Waals surface area contributed by atoms with Crippen molar-refractivity contribution in [3.05, 3.63) is 59.9 Å². The van der Waals surface area contributed by atoms with E-state index in [1.54, 1.807) is 22.2 Å². The predicted octanol–water partition coefficient (Wildman–Crippen LogP) is 1.65. The summed E-state index contributed by atoms with van der Waals surface area (Å²) >= 11 is 0. The number of benzene rings is 1. The summed E-state index contributed by atoms with van der Waals surface area (Å²) in [6.45, 7) is 3.06. The first-order chi connectivity index (χ1) is 12.3. The molecule has 1 N–H and O–H groups in total. The van der Waals surface area contributed by atoms with E-state index in [0.29, 0.717) is 31.7 Å². The average Bonchev–Trinajstić information content (AvgIpc) is 2.68. The third kappa shape index (κ3) is 4.56. The van der Waals surface area contributed by atoms with Crippen LogP contribution >= 0.6 is 0 Å². The first-order valence-corrected chi connectivity index (χ1v) is 8.48. The monoisotopic (exact) mass is 338 g/mol. The van der Waals surface area contributed by atoms with Gasteiger partial charge in [0.25, 0.3) is 5.91 Å². The molecule has 130 valence electrons. The van der Waals surface area contributed by atoms with Crippen molar-refractivity contribution in [2.75, 3.05) is 38.0 Å². The van der Waals surface area contributed by atoms with Gasteiger partial charge in [-0.3, -0.25) is 14.6 Å². The highest BCUT2D eigenvalue weighted by molar-refractivity contribution is 5.94. The van der Waals surface area contributed by atoms with Crippen LogP contribution in [-0.4, -0.2) is 59.8 Å². The fraction of sp³-hybridized carbons (Fsp3) is 0.316. The Morgan fingerprint density at radius 2 is 1.88 bits per heavy atom. The normalized spacial score (nSPS) is 14.2. The molecule has 2 aromatic rings. The predicted molar refractivity (Wildman–Crippen MR) is 96.4 cm³/mol. The average molecular weight is 338 g/mol. The van der Waals surface area contributed by atoms with E-state index in [9.17, 15) is 9.59 Å². The van der Waals surface area contributed by atoms with Gasteiger partial charge in [-0.2, -0.15) is 0 Å². The number of hydrogen-bond donors (Lipinski definition) is 1. The summed E-state index contributed by atoms with van der Waals surface area (Å²) in [5, 5.41) is 3.32. The molecule has 2 heterocycles. The summed E-state index contributed by atoms with van der Waals surface area (Å²) in [5.41, 5.74) is 2.68. The van der Waals surface area contributed by atoms with Crippen LogP contribution < -0.4 is 5.32 Å². The highest BCUT2D eigenvalue weighted by Gasteiger charge is 2.21. The second kappa shape index (κ2) is 8.28. The molecular weight excluding hydrogens is 316 g/mol. The number of nitrogens with one attached hydrogen (secondary N) is 1. The standard InChI is InChI=1S/C19H22N4O2/c24-15-22-8-10-23(11-9-22)19(25)17-12-18(14-20-13-17)21-7-6-16-4-2-1-3-5-16/h1-5,12-15,21H,6-11H2. The van der Waals surface area contributed by atoms with Gasteiger partial charge in [0.2, 0.25) is 6.41 Å². The smallest absolute Gasteiger partial charge is 0.255 e. The molecule has 1 saturated heterocycles. The van der Waals surface area contributed by atoms with E-state index in [1.807, 2.05) is 24.3 Å². The van der Waals surface area contributed by atoms with Crippen molar-refractivity contribution in [3.8, 4) is 0 Å². The molecule has 0 aliphatic carbocycles. The van der Waals surface area contributed by atoms with E-state index in [4.69, 9.17) is 0 Å². The fourth-order valence-corrected chi connectivity index (χ4v) is 2.86. The van der Waals surface area contributed by atoms with Gasteiger partial charge in [0.1, 0.15) is 0 Å². The number of pyridine rings is 1. The first kappa shape index (κ1) is 17.0. The van der Waals surface area contributed by atoms with Gasteiger partial charge in [-0.1, -0.05) is 30.3 Å². The number of rotatable bonds is 6. The van der Waals surface area contributed by atoms with Crippen LogP contribution in [0.3, 0.4) is 0 Å². The van der Waals surface area contributed by atoms with Crippen LogP contribution in [-0.2, 0) is 11.2 Å². The Kier molecular flexibility index (Phi) is 5.61. The second-order valence-corrected chi connectivity index (χ2v) is 6.06. The molecule has 3 rings (SSSR count). The van der Waals surface area contributed by atoms with Gasteiger partial charge in [0, 0.05) is 45.1 Å². The molecule has 0 radical (unpaired) electrons. The van der Waals surface area contributed by atoms with Crippen LogP contribution in [0.15, 0.2) is 48.8 Å². The molecule has 1 fully saturated rings. The molecule has 2 amide bonds. The second-order valence-electron chi connectivity index (χ2n) is 6.06. The number of hydrogen-bond acceptors (Lipinski definition) is 4. The number of piperazine rings is 1. The highest BCUT2D eigenvalue weighted by atomic mass is 16.2. The molecule has 6 heteroatoms. The van der Waals surface area contributed by atoms with Crippen molar-refractivity contribution in [3.63, 3.8) is 0 Å². The molecule has 6 nitrogen and oxygen atoms in total. The van der Waals surface area contributed by atoms with Gasteiger partial charge in [0.05, 0.1) is 11.3 Å². The maximum Gasteiger partial charge on any atom is 0.255 e. The zero-order valence-electron chi connectivity index (χ0n) is 14.1. The minimum Gasteiger partial charge on any atom is -0.383 e. The van der Waals surface area contributed by atoms with Gasteiger partial charge in [-0.15, -0.1) is 0 Å². The highest BCUT2D eigenvalue weighted by Crippen LogP contribution is 2.13. The zero-order valence-corrected chi connectivity index (χ0v) is 14.1. The summed E-state index contributed by atoms with van der Waals surface area (Å²) in [7, 11) is 0. The lowest BCUT2D eigenvalue weighted by Crippen LogP contribution is -2.48. The fourth-order valence-electron chi connectivity index (χ4n) is 2.86. The van der Waals surface area contributed by atoms with Gasteiger partial charge in [-0.25, -0.2) is 0 Å². The molecule has 0 unspecified atom stereocenters. The van der Waals surface area contributed by atoms with Crippen LogP contribution in [0.2, 0.25) is 0 Å². The summed E-state index contributed by atoms with van der Waals surface area (Å²) in [6, 6.07) is 12.1.